The highest BCUT2D eigenvalue weighted by Crippen LogP contribution is 2.36. The summed E-state index contributed by atoms with van der Waals surface area (Å²) in [7, 11) is 0.123. The number of nitrogens with one attached hydrogen (secondary N) is 2. The van der Waals surface area contributed by atoms with Crippen LogP contribution in [0.3, 0.4) is 0 Å². The summed E-state index contributed by atoms with van der Waals surface area (Å²) in [4.78, 5) is 0. The molecule has 0 bridgehead atoms. The molecule has 0 saturated heterocycles. The molecule has 0 aromatic rings. The van der Waals surface area contributed by atoms with Crippen LogP contribution in [0.5, 0.6) is 0 Å². The summed E-state index contributed by atoms with van der Waals surface area (Å²) in [5.74, 6) is 0. The van der Waals surface area contributed by atoms with Crippen LogP contribution in [0.2, 0.25) is 18.1 Å². The predicted molar refractivity (Wildman–Crippen MR) is 110 cm³/mol. The largest absolute Gasteiger partial charge is 0.416 e. The molecule has 152 valence electrons. The van der Waals surface area contributed by atoms with E-state index in [1.807, 2.05) is 0 Å². The summed E-state index contributed by atoms with van der Waals surface area (Å²) in [6.45, 7) is 18.7. The van der Waals surface area contributed by atoms with Gasteiger partial charge in [0.15, 0.2) is 8.32 Å². The highest BCUT2D eigenvalue weighted by Gasteiger charge is 2.36. The van der Waals surface area contributed by atoms with Crippen molar-refractivity contribution in [3.8, 4) is 0 Å². The van der Waals surface area contributed by atoms with Crippen LogP contribution in [0.1, 0.15) is 46.5 Å². The van der Waals surface area contributed by atoms with Gasteiger partial charge in [-0.25, -0.2) is 0 Å². The number of rotatable bonds is 17. The van der Waals surface area contributed by atoms with E-state index >= 15 is 0 Å². The first-order valence-electron chi connectivity index (χ1n) is 9.93. The van der Waals surface area contributed by atoms with Crippen molar-refractivity contribution in [2.75, 3.05) is 59.7 Å². The van der Waals surface area contributed by atoms with Gasteiger partial charge in [-0.05, 0) is 57.0 Å². The first-order chi connectivity index (χ1) is 11.8. The second kappa shape index (κ2) is 15.1. The zero-order chi connectivity index (χ0) is 19.0. The second-order valence-corrected chi connectivity index (χ2v) is 12.9. The lowest BCUT2D eigenvalue weighted by Crippen LogP contribution is -2.42. The van der Waals surface area contributed by atoms with E-state index in [1.54, 1.807) is 7.11 Å². The van der Waals surface area contributed by atoms with Crippen LogP contribution in [-0.4, -0.2) is 68.0 Å². The fourth-order valence-corrected chi connectivity index (χ4v) is 3.11. The van der Waals surface area contributed by atoms with Gasteiger partial charge in [-0.2, -0.15) is 0 Å². The molecule has 0 radical (unpaired) electrons. The number of hydrogen-bond acceptors (Lipinski definition) is 5. The van der Waals surface area contributed by atoms with Crippen LogP contribution in [0, 0.1) is 0 Å². The number of unbranched alkanes of at least 4 members (excludes halogenated alkanes) is 2. The Morgan fingerprint density at radius 1 is 0.720 bits per heavy atom. The third-order valence-corrected chi connectivity index (χ3v) is 9.37. The third kappa shape index (κ3) is 14.8. The molecule has 0 rings (SSSR count). The lowest BCUT2D eigenvalue weighted by Gasteiger charge is -2.36. The van der Waals surface area contributed by atoms with Crippen molar-refractivity contribution in [3.63, 3.8) is 0 Å². The number of ether oxygens (including phenoxy) is 2. The van der Waals surface area contributed by atoms with E-state index in [2.05, 4.69) is 44.5 Å². The maximum absolute atomic E-state index is 6.16. The van der Waals surface area contributed by atoms with E-state index in [-0.39, 0.29) is 0 Å². The Kier molecular flexibility index (Phi) is 15.1. The molecule has 0 amide bonds. The Morgan fingerprint density at radius 2 is 1.32 bits per heavy atom. The molecule has 5 nitrogen and oxygen atoms in total. The van der Waals surface area contributed by atoms with Crippen molar-refractivity contribution in [3.05, 3.63) is 0 Å². The van der Waals surface area contributed by atoms with Crippen LogP contribution in [0.25, 0.3) is 0 Å². The number of hydrogen-bond donors (Lipinski definition) is 2. The Bertz CT molecular complexity index is 297. The quantitative estimate of drug-likeness (QED) is 0.301. The first kappa shape index (κ1) is 25.0. The first-order valence-corrected chi connectivity index (χ1v) is 12.8. The van der Waals surface area contributed by atoms with Gasteiger partial charge in [-0.15, -0.1) is 0 Å². The fraction of sp³-hybridized carbons (Fsp3) is 1.00. The molecule has 0 atom stereocenters. The minimum atomic E-state index is -1.58. The fourth-order valence-electron chi connectivity index (χ4n) is 2.07. The smallest absolute Gasteiger partial charge is 0.192 e. The van der Waals surface area contributed by atoms with Gasteiger partial charge in [0, 0.05) is 26.9 Å². The molecule has 0 aromatic carbocycles. The molecule has 2 N–H and O–H groups in total. The highest BCUT2D eigenvalue weighted by atomic mass is 28.4. The molecular weight excluding hydrogens is 332 g/mol. The Balaban J connectivity index is 3.22. The standard InChI is InChI=1S/C19H44N2O3Si/c1-19(2,3)25(5,6)24-16-14-21-12-9-7-8-11-20-13-10-15-23-18-17-22-4/h20-21H,7-18H2,1-6H3. The molecule has 6 heteroatoms. The molecule has 0 aromatic heterocycles. The Hall–Kier alpha value is 0.0169. The predicted octanol–water partition coefficient (Wildman–Crippen LogP) is 3.41. The SMILES string of the molecule is COCCOCCCNCCCCCNCCO[Si](C)(C)C(C)(C)C. The van der Waals surface area contributed by atoms with E-state index in [1.165, 1.54) is 19.3 Å². The summed E-state index contributed by atoms with van der Waals surface area (Å²) < 4.78 is 16.5. The van der Waals surface area contributed by atoms with Gasteiger partial charge in [-0.3, -0.25) is 0 Å². The summed E-state index contributed by atoms with van der Waals surface area (Å²) in [5.41, 5.74) is 0. The monoisotopic (exact) mass is 376 g/mol. The normalized spacial score (nSPS) is 12.7. The van der Waals surface area contributed by atoms with E-state index in [9.17, 15) is 0 Å². The molecule has 0 fully saturated rings. The third-order valence-electron chi connectivity index (χ3n) is 4.83. The van der Waals surface area contributed by atoms with Gasteiger partial charge in [0.25, 0.3) is 0 Å². The molecule has 0 heterocycles. The van der Waals surface area contributed by atoms with Crippen molar-refractivity contribution in [2.45, 2.75) is 64.6 Å². The van der Waals surface area contributed by atoms with Gasteiger partial charge in [-0.1, -0.05) is 27.2 Å². The van der Waals surface area contributed by atoms with Crippen molar-refractivity contribution in [2.24, 2.45) is 0 Å². The van der Waals surface area contributed by atoms with E-state index in [4.69, 9.17) is 13.9 Å². The maximum atomic E-state index is 6.16. The summed E-state index contributed by atoms with van der Waals surface area (Å²) in [6, 6.07) is 0. The summed E-state index contributed by atoms with van der Waals surface area (Å²) in [5, 5.41) is 7.27. The van der Waals surface area contributed by atoms with Crippen LogP contribution in [0.15, 0.2) is 0 Å². The average Bonchev–Trinajstić information content (AvgIpc) is 2.53. The van der Waals surface area contributed by atoms with Gasteiger partial charge in [0.1, 0.15) is 0 Å². The van der Waals surface area contributed by atoms with Crippen LogP contribution >= 0.6 is 0 Å². The van der Waals surface area contributed by atoms with E-state index in [0.717, 1.165) is 45.8 Å². The molecule has 0 spiro atoms. The lowest BCUT2D eigenvalue weighted by atomic mass is 10.2. The minimum Gasteiger partial charge on any atom is -0.416 e. The molecule has 0 aliphatic carbocycles. The van der Waals surface area contributed by atoms with E-state index in [0.29, 0.717) is 18.3 Å². The molecular formula is C19H44N2O3Si. The minimum absolute atomic E-state index is 0.302. The molecule has 0 aliphatic rings. The van der Waals surface area contributed by atoms with Crippen molar-refractivity contribution in [1.29, 1.82) is 0 Å². The second-order valence-electron chi connectivity index (χ2n) is 8.13. The highest BCUT2D eigenvalue weighted by molar-refractivity contribution is 6.74. The van der Waals surface area contributed by atoms with Crippen LogP contribution in [0.4, 0.5) is 0 Å². The van der Waals surface area contributed by atoms with Crippen molar-refractivity contribution < 1.29 is 13.9 Å². The zero-order valence-electron chi connectivity index (χ0n) is 17.7. The topological polar surface area (TPSA) is 51.8 Å². The summed E-state index contributed by atoms with van der Waals surface area (Å²) >= 11 is 0. The Morgan fingerprint density at radius 3 is 1.92 bits per heavy atom. The van der Waals surface area contributed by atoms with Crippen LogP contribution < -0.4 is 10.6 Å². The lowest BCUT2D eigenvalue weighted by molar-refractivity contribution is 0.0695. The van der Waals surface area contributed by atoms with Gasteiger partial charge < -0.3 is 24.5 Å². The number of methoxy groups -OCH3 is 1. The van der Waals surface area contributed by atoms with Gasteiger partial charge in [0.05, 0.1) is 13.2 Å². The summed E-state index contributed by atoms with van der Waals surface area (Å²) in [6.07, 6.45) is 4.82. The molecule has 0 unspecified atom stereocenters. The zero-order valence-corrected chi connectivity index (χ0v) is 18.7. The van der Waals surface area contributed by atoms with E-state index < -0.39 is 8.32 Å². The maximum Gasteiger partial charge on any atom is 0.192 e. The van der Waals surface area contributed by atoms with Gasteiger partial charge in [0.2, 0.25) is 0 Å². The molecule has 0 aliphatic heterocycles. The van der Waals surface area contributed by atoms with Gasteiger partial charge >= 0.3 is 0 Å². The van der Waals surface area contributed by atoms with Crippen molar-refractivity contribution in [1.82, 2.24) is 10.6 Å². The van der Waals surface area contributed by atoms with Crippen molar-refractivity contribution >= 4 is 8.32 Å². The Labute approximate surface area is 157 Å². The molecule has 25 heavy (non-hydrogen) atoms. The average molecular weight is 377 g/mol. The van der Waals surface area contributed by atoms with Crippen LogP contribution in [-0.2, 0) is 13.9 Å². The molecule has 0 saturated carbocycles.